The van der Waals surface area contributed by atoms with Crippen molar-refractivity contribution in [1.29, 1.82) is 0 Å². The number of carboxylic acid groups (broad SMARTS) is 1. The Bertz CT molecular complexity index is 967. The Morgan fingerprint density at radius 2 is 1.93 bits per heavy atom. The van der Waals surface area contributed by atoms with Gasteiger partial charge >= 0.3 is 5.97 Å². The van der Waals surface area contributed by atoms with Gasteiger partial charge in [0.1, 0.15) is 5.82 Å². The van der Waals surface area contributed by atoms with Crippen LogP contribution in [0.1, 0.15) is 32.8 Å². The number of hydrogen-bond donors (Lipinski definition) is 3. The maximum Gasteiger partial charge on any atom is 0.305 e. The minimum absolute atomic E-state index is 0.0321. The fourth-order valence-electron chi connectivity index (χ4n) is 2.42. The Kier molecular flexibility index (Phi) is 7.03. The van der Waals surface area contributed by atoms with Crippen molar-refractivity contribution in [3.8, 4) is 11.4 Å². The lowest BCUT2D eigenvalue weighted by atomic mass is 10.1. The van der Waals surface area contributed by atoms with Crippen LogP contribution in [0.25, 0.3) is 22.3 Å². The summed E-state index contributed by atoms with van der Waals surface area (Å²) in [5.74, 6) is -1.13. The van der Waals surface area contributed by atoms with Gasteiger partial charge in [0.2, 0.25) is 0 Å². The number of aryl methyl sites for hydroxylation is 1. The van der Waals surface area contributed by atoms with Crippen LogP contribution < -0.4 is 5.32 Å². The normalized spacial score (nSPS) is 10.7. The van der Waals surface area contributed by atoms with E-state index in [2.05, 4.69) is 41.0 Å². The van der Waals surface area contributed by atoms with E-state index in [4.69, 9.17) is 5.11 Å². The van der Waals surface area contributed by atoms with Gasteiger partial charge in [0, 0.05) is 23.7 Å². The Labute approximate surface area is 162 Å². The summed E-state index contributed by atoms with van der Waals surface area (Å²) in [7, 11) is 0. The summed E-state index contributed by atoms with van der Waals surface area (Å²) in [5, 5.41) is 11.8. The molecular formula is C20H24F2N4O2. The van der Waals surface area contributed by atoms with Crippen molar-refractivity contribution in [3.05, 3.63) is 41.7 Å². The van der Waals surface area contributed by atoms with E-state index in [1.807, 2.05) is 0 Å². The average molecular weight is 390 g/mol. The second kappa shape index (κ2) is 9.25. The van der Waals surface area contributed by atoms with Crippen LogP contribution in [-0.4, -0.2) is 32.6 Å². The monoisotopic (exact) mass is 390 g/mol. The van der Waals surface area contributed by atoms with Crippen LogP contribution in [0.15, 0.2) is 24.5 Å². The number of fused-ring (bicyclic) bond motifs is 1. The van der Waals surface area contributed by atoms with Crippen LogP contribution in [0.3, 0.4) is 0 Å². The van der Waals surface area contributed by atoms with Crippen LogP contribution in [0.4, 0.5) is 14.6 Å². The molecule has 0 amide bonds. The minimum Gasteiger partial charge on any atom is -0.481 e. The zero-order valence-electron chi connectivity index (χ0n) is 16.3. The molecule has 3 N–H and O–H groups in total. The quantitative estimate of drug-likeness (QED) is 0.584. The molecule has 0 spiro atoms. The van der Waals surface area contributed by atoms with E-state index in [-0.39, 0.29) is 24.6 Å². The molecule has 6 nitrogen and oxygen atoms in total. The standard InChI is InChI=1S/C16H14F2N4O2.C4H10/c1-8-4-9-10(6-20-14(9)11(17)5-8)15-21-7-12(18)16(22-15)19-3-2-13(23)24;1-4(2)3/h4-7,20H,2-3H2,1H3,(H,23,24)(H,19,21,22);4H,1-3H3. The Balaban J connectivity index is 0.000000640. The zero-order chi connectivity index (χ0) is 20.8. The summed E-state index contributed by atoms with van der Waals surface area (Å²) in [5.41, 5.74) is 1.60. The molecule has 0 aliphatic heterocycles. The predicted octanol–water partition coefficient (Wildman–Crippen LogP) is 4.76. The number of hydrogen-bond acceptors (Lipinski definition) is 4. The molecule has 8 heteroatoms. The lowest BCUT2D eigenvalue weighted by Gasteiger charge is -2.07. The molecule has 1 aromatic carbocycles. The number of H-pyrrole nitrogens is 1. The van der Waals surface area contributed by atoms with E-state index in [1.165, 1.54) is 6.07 Å². The van der Waals surface area contributed by atoms with Gasteiger partial charge in [0.05, 0.1) is 18.1 Å². The number of nitrogens with zero attached hydrogens (tertiary/aromatic N) is 2. The maximum atomic E-state index is 14.0. The van der Waals surface area contributed by atoms with Crippen LogP contribution in [0.2, 0.25) is 0 Å². The van der Waals surface area contributed by atoms with Crippen LogP contribution in [0, 0.1) is 24.5 Å². The topological polar surface area (TPSA) is 90.9 Å². The second-order valence-corrected chi connectivity index (χ2v) is 7.06. The molecule has 0 aliphatic carbocycles. The predicted molar refractivity (Wildman–Crippen MR) is 105 cm³/mol. The van der Waals surface area contributed by atoms with Crippen molar-refractivity contribution < 1.29 is 18.7 Å². The highest BCUT2D eigenvalue weighted by atomic mass is 19.1. The van der Waals surface area contributed by atoms with Gasteiger partial charge in [-0.15, -0.1) is 0 Å². The third-order valence-electron chi connectivity index (χ3n) is 3.50. The molecule has 0 saturated heterocycles. The summed E-state index contributed by atoms with van der Waals surface area (Å²) < 4.78 is 27.7. The highest BCUT2D eigenvalue weighted by Gasteiger charge is 2.15. The zero-order valence-corrected chi connectivity index (χ0v) is 16.3. The fraction of sp³-hybridized carbons (Fsp3) is 0.350. The largest absolute Gasteiger partial charge is 0.481 e. The molecule has 2 heterocycles. The van der Waals surface area contributed by atoms with Crippen LogP contribution >= 0.6 is 0 Å². The van der Waals surface area contributed by atoms with E-state index in [0.29, 0.717) is 16.5 Å². The van der Waals surface area contributed by atoms with Gasteiger partial charge in [-0.1, -0.05) is 20.8 Å². The smallest absolute Gasteiger partial charge is 0.305 e. The molecule has 3 rings (SSSR count). The first-order chi connectivity index (χ1) is 13.2. The number of carbonyl (C=O) groups is 1. The van der Waals surface area contributed by atoms with E-state index in [9.17, 15) is 13.6 Å². The molecule has 28 heavy (non-hydrogen) atoms. The fourth-order valence-corrected chi connectivity index (χ4v) is 2.42. The van der Waals surface area contributed by atoms with Crippen molar-refractivity contribution in [2.24, 2.45) is 5.92 Å². The summed E-state index contributed by atoms with van der Waals surface area (Å²) >= 11 is 0. The van der Waals surface area contributed by atoms with Gasteiger partial charge in [-0.25, -0.2) is 18.7 Å². The highest BCUT2D eigenvalue weighted by Crippen LogP contribution is 2.29. The van der Waals surface area contributed by atoms with Gasteiger partial charge < -0.3 is 15.4 Å². The van der Waals surface area contributed by atoms with Crippen molar-refractivity contribution in [1.82, 2.24) is 15.0 Å². The summed E-state index contributed by atoms with van der Waals surface area (Å²) in [6.45, 7) is 8.30. The Morgan fingerprint density at radius 3 is 2.57 bits per heavy atom. The molecule has 0 aliphatic rings. The number of carboxylic acids is 1. The van der Waals surface area contributed by atoms with E-state index >= 15 is 0 Å². The number of nitrogens with one attached hydrogen (secondary N) is 2. The highest BCUT2D eigenvalue weighted by molar-refractivity contribution is 5.94. The van der Waals surface area contributed by atoms with Gasteiger partial charge in [-0.2, -0.15) is 0 Å². The number of aliphatic carboxylic acids is 1. The molecule has 150 valence electrons. The number of aromatic amines is 1. The van der Waals surface area contributed by atoms with Crippen molar-refractivity contribution in [3.63, 3.8) is 0 Å². The first-order valence-corrected chi connectivity index (χ1v) is 8.94. The van der Waals surface area contributed by atoms with E-state index < -0.39 is 17.6 Å². The minimum atomic E-state index is -1.00. The molecule has 0 atom stereocenters. The third kappa shape index (κ3) is 5.48. The summed E-state index contributed by atoms with van der Waals surface area (Å²) in [4.78, 5) is 21.4. The van der Waals surface area contributed by atoms with Crippen molar-refractivity contribution >= 4 is 22.7 Å². The number of benzene rings is 1. The molecule has 0 unspecified atom stereocenters. The number of rotatable bonds is 5. The van der Waals surface area contributed by atoms with Crippen LogP contribution in [-0.2, 0) is 4.79 Å². The van der Waals surface area contributed by atoms with Gasteiger partial charge in [0.15, 0.2) is 17.5 Å². The average Bonchev–Trinajstić information content (AvgIpc) is 3.00. The summed E-state index contributed by atoms with van der Waals surface area (Å²) in [6.07, 6.45) is 2.38. The Hall–Kier alpha value is -3.03. The first kappa shape index (κ1) is 21.3. The number of halogens is 2. The molecule has 0 bridgehead atoms. The SMILES string of the molecule is CC(C)C.Cc1cc(F)c2[nH]cc(-c3ncc(F)c(NCCC(=O)O)n3)c2c1. The summed E-state index contributed by atoms with van der Waals surface area (Å²) in [6, 6.07) is 3.20. The lowest BCUT2D eigenvalue weighted by molar-refractivity contribution is -0.136. The van der Waals surface area contributed by atoms with Crippen LogP contribution in [0.5, 0.6) is 0 Å². The van der Waals surface area contributed by atoms with Crippen molar-refractivity contribution in [2.75, 3.05) is 11.9 Å². The van der Waals surface area contributed by atoms with Gasteiger partial charge in [-0.05, 0) is 30.5 Å². The Morgan fingerprint density at radius 1 is 1.25 bits per heavy atom. The number of anilines is 1. The van der Waals surface area contributed by atoms with Gasteiger partial charge in [-0.3, -0.25) is 4.79 Å². The second-order valence-electron chi connectivity index (χ2n) is 7.06. The number of aromatic nitrogens is 3. The molecule has 3 aromatic rings. The molecule has 0 saturated carbocycles. The first-order valence-electron chi connectivity index (χ1n) is 8.94. The van der Waals surface area contributed by atoms with Gasteiger partial charge in [0.25, 0.3) is 0 Å². The van der Waals surface area contributed by atoms with Crippen molar-refractivity contribution in [2.45, 2.75) is 34.1 Å². The lowest BCUT2D eigenvalue weighted by Crippen LogP contribution is -2.10. The molecular weight excluding hydrogens is 366 g/mol. The van der Waals surface area contributed by atoms with E-state index in [0.717, 1.165) is 17.7 Å². The molecule has 0 radical (unpaired) electrons. The maximum absolute atomic E-state index is 14.0. The van der Waals surface area contributed by atoms with E-state index in [1.54, 1.807) is 19.2 Å². The third-order valence-corrected chi connectivity index (χ3v) is 3.50. The molecule has 2 aromatic heterocycles. The molecule has 0 fully saturated rings.